The minimum Gasteiger partial charge on any atom is -0.351 e. The fourth-order valence-corrected chi connectivity index (χ4v) is 5.19. The Hall–Kier alpha value is -4.41. The molecule has 5 rings (SSSR count). The van der Waals surface area contributed by atoms with Crippen molar-refractivity contribution in [1.29, 1.82) is 0 Å². The van der Waals surface area contributed by atoms with Gasteiger partial charge in [0.15, 0.2) is 11.6 Å². The Morgan fingerprint density at radius 1 is 1.05 bits per heavy atom. The second kappa shape index (κ2) is 9.72. The number of fused-ring (bicyclic) bond motifs is 1. The standard InChI is InChI=1S/C28H26F4N6O/c1-15-10-16(2)24(17(3)11-15)38-25(18-4-6-20(7-5-18)35-27(33)39)21-14-37(9-8-23(21)36-38)26-22(29)12-19(13-34-26)28(30,31)32/h4-7,10-13H,8-9,14H2,1-3H3,(H3,33,35,39). The Morgan fingerprint density at radius 3 is 2.31 bits per heavy atom. The predicted octanol–water partition coefficient (Wildman–Crippen LogP) is 6.07. The quantitative estimate of drug-likeness (QED) is 0.309. The molecule has 0 bridgehead atoms. The fourth-order valence-electron chi connectivity index (χ4n) is 5.19. The third-order valence-electron chi connectivity index (χ3n) is 6.76. The summed E-state index contributed by atoms with van der Waals surface area (Å²) in [4.78, 5) is 16.7. The van der Waals surface area contributed by atoms with Crippen LogP contribution < -0.4 is 16.0 Å². The number of nitrogens with zero attached hydrogens (tertiary/aromatic N) is 4. The zero-order valence-electron chi connectivity index (χ0n) is 21.5. The van der Waals surface area contributed by atoms with E-state index in [0.29, 0.717) is 30.9 Å². The number of hydrogen-bond donors (Lipinski definition) is 2. The molecule has 0 saturated carbocycles. The normalized spacial score (nSPS) is 13.4. The van der Waals surface area contributed by atoms with Gasteiger partial charge in [-0.15, -0.1) is 0 Å². The SMILES string of the molecule is Cc1cc(C)c(-n2nc3c(c2-c2ccc(NC(N)=O)cc2)CN(c2ncc(C(F)(F)F)cc2F)CC3)c(C)c1. The van der Waals surface area contributed by atoms with Crippen LogP contribution in [0.3, 0.4) is 0 Å². The first-order valence-electron chi connectivity index (χ1n) is 12.3. The second-order valence-electron chi connectivity index (χ2n) is 9.70. The van der Waals surface area contributed by atoms with E-state index in [1.807, 2.05) is 37.6 Å². The Balaban J connectivity index is 1.63. The molecule has 0 spiro atoms. The first-order chi connectivity index (χ1) is 18.4. The number of benzene rings is 2. The zero-order valence-corrected chi connectivity index (χ0v) is 21.5. The molecule has 202 valence electrons. The van der Waals surface area contributed by atoms with Crippen molar-refractivity contribution >= 4 is 17.5 Å². The van der Waals surface area contributed by atoms with E-state index in [2.05, 4.69) is 22.4 Å². The van der Waals surface area contributed by atoms with Crippen molar-refractivity contribution < 1.29 is 22.4 Å². The molecule has 2 aromatic heterocycles. The molecule has 3 heterocycles. The maximum atomic E-state index is 14.9. The van der Waals surface area contributed by atoms with E-state index in [-0.39, 0.29) is 12.4 Å². The van der Waals surface area contributed by atoms with Gasteiger partial charge in [-0.25, -0.2) is 18.9 Å². The van der Waals surface area contributed by atoms with Gasteiger partial charge in [0.1, 0.15) is 0 Å². The van der Waals surface area contributed by atoms with E-state index in [1.54, 1.807) is 17.0 Å². The van der Waals surface area contributed by atoms with Crippen LogP contribution in [0.5, 0.6) is 0 Å². The van der Waals surface area contributed by atoms with E-state index >= 15 is 0 Å². The number of urea groups is 1. The molecule has 0 unspecified atom stereocenters. The monoisotopic (exact) mass is 538 g/mol. The average Bonchev–Trinajstić information content (AvgIpc) is 3.21. The lowest BCUT2D eigenvalue weighted by molar-refractivity contribution is -0.138. The zero-order chi connectivity index (χ0) is 28.1. The van der Waals surface area contributed by atoms with Crippen molar-refractivity contribution in [2.75, 3.05) is 16.8 Å². The molecule has 7 nitrogen and oxygen atoms in total. The molecule has 3 N–H and O–H groups in total. The molecule has 0 aliphatic carbocycles. The van der Waals surface area contributed by atoms with Crippen LogP contribution in [0.25, 0.3) is 16.9 Å². The molecule has 0 atom stereocenters. The summed E-state index contributed by atoms with van der Waals surface area (Å²) in [6.45, 7) is 6.57. The number of amides is 2. The number of primary amides is 1. The van der Waals surface area contributed by atoms with Crippen LogP contribution in [0.4, 0.5) is 33.9 Å². The van der Waals surface area contributed by atoms with Crippen molar-refractivity contribution in [2.45, 2.75) is 39.9 Å². The highest BCUT2D eigenvalue weighted by Gasteiger charge is 2.34. The molecule has 0 radical (unpaired) electrons. The molecule has 4 aromatic rings. The number of carbonyl (C=O) groups excluding carboxylic acids is 1. The Morgan fingerprint density at radius 2 is 1.72 bits per heavy atom. The number of alkyl halides is 3. The fraction of sp³-hybridized carbons (Fsp3) is 0.250. The number of nitrogens with one attached hydrogen (secondary N) is 1. The molecule has 0 saturated heterocycles. The van der Waals surface area contributed by atoms with Gasteiger partial charge in [0.05, 0.1) is 22.6 Å². The largest absolute Gasteiger partial charge is 0.417 e. The van der Waals surface area contributed by atoms with Gasteiger partial charge in [-0.05, 0) is 50.1 Å². The van der Waals surface area contributed by atoms with Crippen LogP contribution in [0, 0.1) is 26.6 Å². The number of rotatable bonds is 4. The van der Waals surface area contributed by atoms with Gasteiger partial charge in [0.2, 0.25) is 0 Å². The van der Waals surface area contributed by atoms with Gasteiger partial charge >= 0.3 is 12.2 Å². The number of hydrogen-bond acceptors (Lipinski definition) is 4. The summed E-state index contributed by atoms with van der Waals surface area (Å²) in [7, 11) is 0. The minimum atomic E-state index is -4.69. The Kier molecular flexibility index (Phi) is 6.53. The summed E-state index contributed by atoms with van der Waals surface area (Å²) in [5.74, 6) is -1.18. The van der Waals surface area contributed by atoms with Gasteiger partial charge in [-0.1, -0.05) is 29.8 Å². The van der Waals surface area contributed by atoms with Gasteiger partial charge in [0, 0.05) is 42.5 Å². The van der Waals surface area contributed by atoms with E-state index in [9.17, 15) is 22.4 Å². The highest BCUT2D eigenvalue weighted by Crippen LogP contribution is 2.37. The molecule has 39 heavy (non-hydrogen) atoms. The Bertz CT molecular complexity index is 1550. The van der Waals surface area contributed by atoms with Crippen molar-refractivity contribution in [3.63, 3.8) is 0 Å². The molecule has 1 aliphatic heterocycles. The maximum absolute atomic E-state index is 14.9. The van der Waals surface area contributed by atoms with Crippen LogP contribution >= 0.6 is 0 Å². The van der Waals surface area contributed by atoms with Crippen LogP contribution in [-0.2, 0) is 19.1 Å². The topological polar surface area (TPSA) is 89.1 Å². The number of aryl methyl sites for hydroxylation is 3. The van der Waals surface area contributed by atoms with Crippen molar-refractivity contribution in [1.82, 2.24) is 14.8 Å². The lowest BCUT2D eigenvalue weighted by Gasteiger charge is -2.28. The molecule has 1 aliphatic rings. The van der Waals surface area contributed by atoms with Crippen LogP contribution in [0.2, 0.25) is 0 Å². The van der Waals surface area contributed by atoms with Crippen LogP contribution in [0.1, 0.15) is 33.5 Å². The summed E-state index contributed by atoms with van der Waals surface area (Å²) in [5, 5.41) is 7.49. The van der Waals surface area contributed by atoms with Crippen molar-refractivity contribution in [3.8, 4) is 16.9 Å². The maximum Gasteiger partial charge on any atom is 0.417 e. The lowest BCUT2D eigenvalue weighted by Crippen LogP contribution is -2.32. The van der Waals surface area contributed by atoms with Gasteiger partial charge in [0.25, 0.3) is 0 Å². The van der Waals surface area contributed by atoms with Crippen molar-refractivity contribution in [2.24, 2.45) is 5.73 Å². The smallest absolute Gasteiger partial charge is 0.351 e. The van der Waals surface area contributed by atoms with Gasteiger partial charge < -0.3 is 16.0 Å². The number of aromatic nitrogens is 3. The number of carbonyl (C=O) groups is 1. The van der Waals surface area contributed by atoms with E-state index in [0.717, 1.165) is 44.9 Å². The molecule has 0 fully saturated rings. The predicted molar refractivity (Wildman–Crippen MR) is 140 cm³/mol. The minimum absolute atomic E-state index is 0.143. The average molecular weight is 539 g/mol. The number of nitrogens with two attached hydrogens (primary N) is 1. The van der Waals surface area contributed by atoms with Crippen LogP contribution in [-0.4, -0.2) is 27.3 Å². The summed E-state index contributed by atoms with van der Waals surface area (Å²) < 4.78 is 55.9. The third-order valence-corrected chi connectivity index (χ3v) is 6.76. The van der Waals surface area contributed by atoms with E-state index < -0.39 is 23.6 Å². The molecular formula is C28H26F4N6O. The lowest BCUT2D eigenvalue weighted by atomic mass is 9.99. The molecule has 2 aromatic carbocycles. The second-order valence-corrected chi connectivity index (χ2v) is 9.70. The van der Waals surface area contributed by atoms with Gasteiger partial charge in [-0.2, -0.15) is 18.3 Å². The highest BCUT2D eigenvalue weighted by molar-refractivity contribution is 5.88. The first kappa shape index (κ1) is 26.2. The van der Waals surface area contributed by atoms with Crippen LogP contribution in [0.15, 0.2) is 48.7 Å². The number of anilines is 2. The van der Waals surface area contributed by atoms with Gasteiger partial charge in [-0.3, -0.25) is 0 Å². The summed E-state index contributed by atoms with van der Waals surface area (Å²) in [6, 6.07) is 11.0. The molecule has 11 heteroatoms. The van der Waals surface area contributed by atoms with Crippen molar-refractivity contribution in [3.05, 3.63) is 88.0 Å². The van der Waals surface area contributed by atoms with E-state index in [1.165, 1.54) is 0 Å². The summed E-state index contributed by atoms with van der Waals surface area (Å²) >= 11 is 0. The van der Waals surface area contributed by atoms with E-state index in [4.69, 9.17) is 10.8 Å². The first-order valence-corrected chi connectivity index (χ1v) is 12.3. The molecular weight excluding hydrogens is 512 g/mol. The summed E-state index contributed by atoms with van der Waals surface area (Å²) in [6.07, 6.45) is -3.58. The summed E-state index contributed by atoms with van der Waals surface area (Å²) in [5.41, 5.74) is 11.9. The number of halogens is 4. The Labute approximate surface area is 222 Å². The number of pyridine rings is 1. The third kappa shape index (κ3) is 5.04. The molecule has 2 amide bonds. The highest BCUT2D eigenvalue weighted by atomic mass is 19.4.